The van der Waals surface area contributed by atoms with Gasteiger partial charge in [-0.1, -0.05) is 17.7 Å². The summed E-state index contributed by atoms with van der Waals surface area (Å²) < 4.78 is 13.9. The van der Waals surface area contributed by atoms with Crippen LogP contribution in [0.3, 0.4) is 0 Å². The minimum atomic E-state index is -0.282. The molecule has 1 N–H and O–H groups in total. The predicted octanol–water partition coefficient (Wildman–Crippen LogP) is 2.40. The van der Waals surface area contributed by atoms with Crippen molar-refractivity contribution in [3.05, 3.63) is 52.1 Å². The van der Waals surface area contributed by atoms with Crippen LogP contribution in [0.4, 0.5) is 4.39 Å². The third-order valence-corrected chi connectivity index (χ3v) is 4.61. The first-order chi connectivity index (χ1) is 11.5. The first kappa shape index (κ1) is 16.9. The molecule has 1 saturated heterocycles. The normalized spacial score (nSPS) is 15.7. The fourth-order valence-corrected chi connectivity index (χ4v) is 3.12. The number of rotatable bonds is 4. The molecule has 1 aromatic heterocycles. The predicted molar refractivity (Wildman–Crippen MR) is 90.3 cm³/mol. The van der Waals surface area contributed by atoms with Crippen molar-refractivity contribution in [3.63, 3.8) is 0 Å². The number of aryl methyl sites for hydroxylation is 1. The van der Waals surface area contributed by atoms with Gasteiger partial charge in [-0.05, 0) is 25.1 Å². The van der Waals surface area contributed by atoms with Crippen molar-refractivity contribution in [3.8, 4) is 0 Å². The van der Waals surface area contributed by atoms with E-state index in [2.05, 4.69) is 15.1 Å². The molecule has 1 aromatic carbocycles. The number of nitrogens with one attached hydrogen (secondary N) is 1. The summed E-state index contributed by atoms with van der Waals surface area (Å²) in [6, 6.07) is 6.61. The van der Waals surface area contributed by atoms with E-state index in [0.717, 1.165) is 11.4 Å². The molecule has 1 aliphatic heterocycles. The van der Waals surface area contributed by atoms with Gasteiger partial charge in [0.25, 0.3) is 0 Å². The minimum absolute atomic E-state index is 0.0741. The Labute approximate surface area is 145 Å². The molecule has 128 valence electrons. The standard InChI is InChI=1S/C17H20ClFN4O/c1-12-9-13(21-20-12)10-17(24)23-7-5-22(6-8-23)11-14-15(18)3-2-4-16(14)19/h2-4,9H,5-8,10-11H2,1H3,(H,20,21). The molecule has 1 amide bonds. The molecule has 3 rings (SSSR count). The Balaban J connectivity index is 1.53. The largest absolute Gasteiger partial charge is 0.340 e. The number of benzene rings is 1. The second-order valence-corrected chi connectivity index (χ2v) is 6.48. The van der Waals surface area contributed by atoms with E-state index in [1.807, 2.05) is 17.9 Å². The minimum Gasteiger partial charge on any atom is -0.340 e. The molecule has 0 atom stereocenters. The van der Waals surface area contributed by atoms with Crippen molar-refractivity contribution in [2.45, 2.75) is 19.9 Å². The molecule has 0 radical (unpaired) electrons. The molecular weight excluding hydrogens is 331 g/mol. The lowest BCUT2D eigenvalue weighted by atomic mass is 10.1. The Morgan fingerprint density at radius 1 is 1.33 bits per heavy atom. The van der Waals surface area contributed by atoms with Crippen LogP contribution in [0.15, 0.2) is 24.3 Å². The lowest BCUT2D eigenvalue weighted by Crippen LogP contribution is -2.48. The number of halogens is 2. The molecule has 24 heavy (non-hydrogen) atoms. The first-order valence-corrected chi connectivity index (χ1v) is 8.34. The SMILES string of the molecule is Cc1cc(CC(=O)N2CCN(Cc3c(F)cccc3Cl)CC2)n[nH]1. The highest BCUT2D eigenvalue weighted by atomic mass is 35.5. The van der Waals surface area contributed by atoms with Crippen LogP contribution in [0.2, 0.25) is 5.02 Å². The van der Waals surface area contributed by atoms with Gasteiger partial charge in [-0.2, -0.15) is 5.10 Å². The molecule has 5 nitrogen and oxygen atoms in total. The molecule has 0 aliphatic carbocycles. The third kappa shape index (κ3) is 3.94. The smallest absolute Gasteiger partial charge is 0.228 e. The molecule has 2 heterocycles. The Bertz CT molecular complexity index is 705. The number of carbonyl (C=O) groups excluding carboxylic acids is 1. The lowest BCUT2D eigenvalue weighted by Gasteiger charge is -2.34. The Hall–Kier alpha value is -1.92. The highest BCUT2D eigenvalue weighted by Gasteiger charge is 2.23. The summed E-state index contributed by atoms with van der Waals surface area (Å²) in [6.07, 6.45) is 0.309. The topological polar surface area (TPSA) is 52.2 Å². The van der Waals surface area contributed by atoms with Crippen LogP contribution >= 0.6 is 11.6 Å². The maximum Gasteiger partial charge on any atom is 0.228 e. The molecular formula is C17H20ClFN4O. The van der Waals surface area contributed by atoms with E-state index in [4.69, 9.17) is 11.6 Å². The lowest BCUT2D eigenvalue weighted by molar-refractivity contribution is -0.132. The Kier molecular flexibility index (Phi) is 5.16. The van der Waals surface area contributed by atoms with Crippen LogP contribution in [0.5, 0.6) is 0 Å². The van der Waals surface area contributed by atoms with Gasteiger partial charge in [0.1, 0.15) is 5.82 Å². The van der Waals surface area contributed by atoms with Crippen molar-refractivity contribution < 1.29 is 9.18 Å². The van der Waals surface area contributed by atoms with Gasteiger partial charge in [0, 0.05) is 49.0 Å². The molecule has 2 aromatic rings. The van der Waals surface area contributed by atoms with Crippen molar-refractivity contribution >= 4 is 17.5 Å². The van der Waals surface area contributed by atoms with Crippen LogP contribution in [-0.4, -0.2) is 52.1 Å². The van der Waals surface area contributed by atoms with Gasteiger partial charge in [0.05, 0.1) is 12.1 Å². The van der Waals surface area contributed by atoms with Gasteiger partial charge in [-0.15, -0.1) is 0 Å². The maximum atomic E-state index is 13.9. The van der Waals surface area contributed by atoms with E-state index in [1.54, 1.807) is 12.1 Å². The fourth-order valence-electron chi connectivity index (χ4n) is 2.89. The quantitative estimate of drug-likeness (QED) is 0.921. The number of carbonyl (C=O) groups is 1. The molecule has 7 heteroatoms. The number of hydrogen-bond donors (Lipinski definition) is 1. The van der Waals surface area contributed by atoms with E-state index >= 15 is 0 Å². The summed E-state index contributed by atoms with van der Waals surface area (Å²) in [6.45, 7) is 5.05. The van der Waals surface area contributed by atoms with E-state index in [1.165, 1.54) is 6.07 Å². The van der Waals surface area contributed by atoms with E-state index < -0.39 is 0 Å². The third-order valence-electron chi connectivity index (χ3n) is 4.26. The van der Waals surface area contributed by atoms with Crippen LogP contribution < -0.4 is 0 Å². The number of nitrogens with zero attached hydrogens (tertiary/aromatic N) is 3. The maximum absolute atomic E-state index is 13.9. The average Bonchev–Trinajstić information content (AvgIpc) is 2.96. The zero-order valence-electron chi connectivity index (χ0n) is 13.6. The number of hydrogen-bond acceptors (Lipinski definition) is 3. The summed E-state index contributed by atoms with van der Waals surface area (Å²) in [7, 11) is 0. The number of aromatic amines is 1. The van der Waals surface area contributed by atoms with Gasteiger partial charge in [0.2, 0.25) is 5.91 Å². The molecule has 0 saturated carbocycles. The van der Waals surface area contributed by atoms with Crippen molar-refractivity contribution in [1.82, 2.24) is 20.0 Å². The summed E-state index contributed by atoms with van der Waals surface area (Å²) in [4.78, 5) is 16.3. The van der Waals surface area contributed by atoms with Crippen molar-refractivity contribution in [2.24, 2.45) is 0 Å². The second-order valence-electron chi connectivity index (χ2n) is 6.08. The highest BCUT2D eigenvalue weighted by Crippen LogP contribution is 2.21. The van der Waals surface area contributed by atoms with Crippen molar-refractivity contribution in [1.29, 1.82) is 0 Å². The van der Waals surface area contributed by atoms with Crippen LogP contribution in [-0.2, 0) is 17.8 Å². The zero-order chi connectivity index (χ0) is 17.1. The number of H-pyrrole nitrogens is 1. The molecule has 0 bridgehead atoms. The second kappa shape index (κ2) is 7.32. The van der Waals surface area contributed by atoms with Gasteiger partial charge in [-0.3, -0.25) is 14.8 Å². The Morgan fingerprint density at radius 2 is 2.08 bits per heavy atom. The van der Waals surface area contributed by atoms with Gasteiger partial charge < -0.3 is 4.90 Å². The molecule has 0 unspecified atom stereocenters. The number of piperazine rings is 1. The van der Waals surface area contributed by atoms with Crippen molar-refractivity contribution in [2.75, 3.05) is 26.2 Å². The van der Waals surface area contributed by atoms with E-state index in [0.29, 0.717) is 49.7 Å². The van der Waals surface area contributed by atoms with Crippen LogP contribution in [0.25, 0.3) is 0 Å². The van der Waals surface area contributed by atoms with Gasteiger partial charge >= 0.3 is 0 Å². The van der Waals surface area contributed by atoms with E-state index in [9.17, 15) is 9.18 Å². The van der Waals surface area contributed by atoms with Gasteiger partial charge in [-0.25, -0.2) is 4.39 Å². The zero-order valence-corrected chi connectivity index (χ0v) is 14.3. The fraction of sp³-hybridized carbons (Fsp3) is 0.412. The number of amides is 1. The monoisotopic (exact) mass is 350 g/mol. The summed E-state index contributed by atoms with van der Waals surface area (Å²) in [5.74, 6) is -0.208. The van der Waals surface area contributed by atoms with E-state index in [-0.39, 0.29) is 11.7 Å². The summed E-state index contributed by atoms with van der Waals surface area (Å²) >= 11 is 6.08. The highest BCUT2D eigenvalue weighted by molar-refractivity contribution is 6.31. The van der Waals surface area contributed by atoms with Crippen LogP contribution in [0, 0.1) is 12.7 Å². The summed E-state index contributed by atoms with van der Waals surface area (Å²) in [5.41, 5.74) is 2.23. The number of aromatic nitrogens is 2. The average molecular weight is 351 g/mol. The first-order valence-electron chi connectivity index (χ1n) is 7.97. The molecule has 0 spiro atoms. The van der Waals surface area contributed by atoms with Crippen LogP contribution in [0.1, 0.15) is 17.0 Å². The molecule has 1 aliphatic rings. The van der Waals surface area contributed by atoms with Gasteiger partial charge in [0.15, 0.2) is 0 Å². The Morgan fingerprint density at radius 3 is 2.71 bits per heavy atom. The molecule has 1 fully saturated rings. The summed E-state index contributed by atoms with van der Waals surface area (Å²) in [5, 5.41) is 7.39.